The molecule has 0 saturated carbocycles. The van der Waals surface area contributed by atoms with Crippen LogP contribution in [0.3, 0.4) is 0 Å². The number of nitrogens with zero attached hydrogens (tertiary/aromatic N) is 6. The van der Waals surface area contributed by atoms with Crippen LogP contribution in [0, 0.1) is 0 Å². The maximum Gasteiger partial charge on any atom is 0.253 e. The average molecular weight is 352 g/mol. The highest BCUT2D eigenvalue weighted by Crippen LogP contribution is 2.12. The molecule has 0 unspecified atom stereocenters. The zero-order valence-electron chi connectivity index (χ0n) is 14.5. The van der Waals surface area contributed by atoms with E-state index in [0.717, 1.165) is 5.69 Å². The predicted octanol–water partition coefficient (Wildman–Crippen LogP) is 1.08. The van der Waals surface area contributed by atoms with Crippen molar-refractivity contribution in [3.05, 3.63) is 60.5 Å². The Kier molecular flexibility index (Phi) is 5.52. The lowest BCUT2D eigenvalue weighted by Crippen LogP contribution is -2.50. The second-order valence-corrected chi connectivity index (χ2v) is 5.80. The van der Waals surface area contributed by atoms with E-state index in [4.69, 9.17) is 0 Å². The fraction of sp³-hybridized carbons (Fsp3) is 0.278. The highest BCUT2D eigenvalue weighted by Gasteiger charge is 2.23. The first-order valence-corrected chi connectivity index (χ1v) is 8.40. The van der Waals surface area contributed by atoms with Crippen LogP contribution in [0.4, 0.5) is 0 Å². The summed E-state index contributed by atoms with van der Waals surface area (Å²) in [5.74, 6) is -0.0641. The van der Waals surface area contributed by atoms with E-state index in [9.17, 15) is 9.59 Å². The molecule has 1 aliphatic heterocycles. The van der Waals surface area contributed by atoms with Crippen molar-refractivity contribution >= 4 is 11.8 Å². The standard InChI is InChI=1S/C18H20N6O2/c1-2-3-4-5-17(25)22-10-12-23(13-11-22)18(26)15-6-8-16(9-7-15)24-14-19-20-21-24/h2-9,14H,10-13H2,1H3. The van der Waals surface area contributed by atoms with Crippen molar-refractivity contribution in [3.8, 4) is 5.69 Å². The molecular weight excluding hydrogens is 332 g/mol. The van der Waals surface area contributed by atoms with E-state index < -0.39 is 0 Å². The van der Waals surface area contributed by atoms with Crippen LogP contribution in [0.15, 0.2) is 54.9 Å². The monoisotopic (exact) mass is 352 g/mol. The third-order valence-electron chi connectivity index (χ3n) is 4.15. The number of amides is 2. The summed E-state index contributed by atoms with van der Waals surface area (Å²) in [4.78, 5) is 28.2. The topological polar surface area (TPSA) is 84.2 Å². The second-order valence-electron chi connectivity index (χ2n) is 5.80. The first-order valence-electron chi connectivity index (χ1n) is 8.40. The Balaban J connectivity index is 1.57. The van der Waals surface area contributed by atoms with Gasteiger partial charge in [0.15, 0.2) is 0 Å². The highest BCUT2D eigenvalue weighted by molar-refractivity contribution is 5.94. The third kappa shape index (κ3) is 4.02. The first kappa shape index (κ1) is 17.5. The molecule has 8 nitrogen and oxygen atoms in total. The summed E-state index contributed by atoms with van der Waals surface area (Å²) < 4.78 is 1.53. The number of piperazine rings is 1. The molecule has 2 aromatic rings. The Morgan fingerprint density at radius 2 is 1.69 bits per heavy atom. The maximum atomic E-state index is 12.6. The second kappa shape index (κ2) is 8.19. The summed E-state index contributed by atoms with van der Waals surface area (Å²) in [6.07, 6.45) is 8.46. The Bertz CT molecular complexity index is 803. The molecule has 0 bridgehead atoms. The SMILES string of the molecule is CC=CC=CC(=O)N1CCN(C(=O)c2ccc(-n3cnnn3)cc2)CC1. The van der Waals surface area contributed by atoms with Crippen LogP contribution < -0.4 is 0 Å². The van der Waals surface area contributed by atoms with Crippen molar-refractivity contribution in [1.82, 2.24) is 30.0 Å². The van der Waals surface area contributed by atoms with Crippen molar-refractivity contribution in [2.45, 2.75) is 6.92 Å². The van der Waals surface area contributed by atoms with Gasteiger partial charge in [-0.05, 0) is 41.6 Å². The minimum Gasteiger partial charge on any atom is -0.336 e. The van der Waals surface area contributed by atoms with Gasteiger partial charge in [-0.15, -0.1) is 5.10 Å². The summed E-state index contributed by atoms with van der Waals surface area (Å²) >= 11 is 0. The van der Waals surface area contributed by atoms with Gasteiger partial charge in [-0.1, -0.05) is 18.2 Å². The van der Waals surface area contributed by atoms with Crippen molar-refractivity contribution in [3.63, 3.8) is 0 Å². The van der Waals surface area contributed by atoms with E-state index in [0.29, 0.717) is 31.7 Å². The van der Waals surface area contributed by atoms with Gasteiger partial charge in [-0.3, -0.25) is 9.59 Å². The summed E-state index contributed by atoms with van der Waals surface area (Å²) in [7, 11) is 0. The van der Waals surface area contributed by atoms with E-state index in [1.165, 1.54) is 11.0 Å². The number of benzene rings is 1. The number of carbonyl (C=O) groups is 2. The fourth-order valence-corrected chi connectivity index (χ4v) is 2.70. The molecule has 1 aliphatic rings. The number of allylic oxidation sites excluding steroid dienone is 3. The van der Waals surface area contributed by atoms with Crippen LogP contribution in [0.25, 0.3) is 5.69 Å². The lowest BCUT2D eigenvalue weighted by molar-refractivity contribution is -0.127. The van der Waals surface area contributed by atoms with Gasteiger partial charge in [0.1, 0.15) is 6.33 Å². The molecule has 0 spiro atoms. The third-order valence-corrected chi connectivity index (χ3v) is 4.15. The molecule has 134 valence electrons. The summed E-state index contributed by atoms with van der Waals surface area (Å²) in [5, 5.41) is 11.0. The smallest absolute Gasteiger partial charge is 0.253 e. The van der Waals surface area contributed by atoms with E-state index in [-0.39, 0.29) is 11.8 Å². The maximum absolute atomic E-state index is 12.6. The van der Waals surface area contributed by atoms with Crippen molar-refractivity contribution in [1.29, 1.82) is 0 Å². The average Bonchev–Trinajstić information content (AvgIpc) is 3.23. The Hall–Kier alpha value is -3.29. The zero-order chi connectivity index (χ0) is 18.4. The zero-order valence-corrected chi connectivity index (χ0v) is 14.5. The van der Waals surface area contributed by atoms with Gasteiger partial charge < -0.3 is 9.80 Å². The first-order chi connectivity index (χ1) is 12.7. The molecule has 0 atom stereocenters. The highest BCUT2D eigenvalue weighted by atomic mass is 16.2. The molecule has 2 amide bonds. The van der Waals surface area contributed by atoms with Crippen molar-refractivity contribution < 1.29 is 9.59 Å². The molecule has 1 aromatic heterocycles. The van der Waals surface area contributed by atoms with Crippen LogP contribution in [0.1, 0.15) is 17.3 Å². The molecular formula is C18H20N6O2. The van der Waals surface area contributed by atoms with Gasteiger partial charge in [0, 0.05) is 37.8 Å². The molecule has 8 heteroatoms. The van der Waals surface area contributed by atoms with E-state index in [1.54, 1.807) is 46.2 Å². The van der Waals surface area contributed by atoms with E-state index in [1.807, 2.05) is 19.1 Å². The molecule has 3 rings (SSSR count). The summed E-state index contributed by atoms with van der Waals surface area (Å²) in [6.45, 7) is 4.02. The molecule has 26 heavy (non-hydrogen) atoms. The summed E-state index contributed by atoms with van der Waals surface area (Å²) in [6, 6.07) is 7.12. The Morgan fingerprint density at radius 1 is 1.00 bits per heavy atom. The lowest BCUT2D eigenvalue weighted by atomic mass is 10.1. The molecule has 1 saturated heterocycles. The van der Waals surface area contributed by atoms with Gasteiger partial charge in [-0.25, -0.2) is 4.68 Å². The minimum atomic E-state index is -0.0372. The number of hydrogen-bond donors (Lipinski definition) is 0. The normalized spacial score (nSPS) is 15.1. The fourth-order valence-electron chi connectivity index (χ4n) is 2.70. The van der Waals surface area contributed by atoms with E-state index in [2.05, 4.69) is 15.5 Å². The Labute approximate surface area is 151 Å². The largest absolute Gasteiger partial charge is 0.336 e. The molecule has 0 radical (unpaired) electrons. The predicted molar refractivity (Wildman–Crippen MR) is 95.6 cm³/mol. The van der Waals surface area contributed by atoms with Gasteiger partial charge in [0.25, 0.3) is 5.91 Å². The molecule has 0 N–H and O–H groups in total. The van der Waals surface area contributed by atoms with Crippen LogP contribution >= 0.6 is 0 Å². The number of carbonyl (C=O) groups excluding carboxylic acids is 2. The lowest BCUT2D eigenvalue weighted by Gasteiger charge is -2.34. The molecule has 1 fully saturated rings. The van der Waals surface area contributed by atoms with Gasteiger partial charge in [-0.2, -0.15) is 0 Å². The number of tetrazole rings is 1. The van der Waals surface area contributed by atoms with Gasteiger partial charge in [0.2, 0.25) is 5.91 Å². The number of hydrogen-bond acceptors (Lipinski definition) is 5. The van der Waals surface area contributed by atoms with Crippen LogP contribution in [-0.4, -0.2) is 68.0 Å². The van der Waals surface area contributed by atoms with Crippen LogP contribution in [-0.2, 0) is 4.79 Å². The molecule has 2 heterocycles. The number of aromatic nitrogens is 4. The molecule has 0 aliphatic carbocycles. The molecule has 1 aromatic carbocycles. The number of rotatable bonds is 4. The van der Waals surface area contributed by atoms with Gasteiger partial charge >= 0.3 is 0 Å². The van der Waals surface area contributed by atoms with Crippen molar-refractivity contribution in [2.75, 3.05) is 26.2 Å². The minimum absolute atomic E-state index is 0.0269. The Morgan fingerprint density at radius 3 is 2.31 bits per heavy atom. The van der Waals surface area contributed by atoms with Crippen LogP contribution in [0.2, 0.25) is 0 Å². The van der Waals surface area contributed by atoms with E-state index >= 15 is 0 Å². The summed E-state index contributed by atoms with van der Waals surface area (Å²) in [5.41, 5.74) is 1.39. The quantitative estimate of drug-likeness (QED) is 0.607. The van der Waals surface area contributed by atoms with Crippen molar-refractivity contribution in [2.24, 2.45) is 0 Å². The van der Waals surface area contributed by atoms with Gasteiger partial charge in [0.05, 0.1) is 5.69 Å². The van der Waals surface area contributed by atoms with Crippen LogP contribution in [0.5, 0.6) is 0 Å².